The fourth-order valence-corrected chi connectivity index (χ4v) is 4.38. The second kappa shape index (κ2) is 10.6. The van der Waals surface area contributed by atoms with Crippen LogP contribution in [0.2, 0.25) is 0 Å². The van der Waals surface area contributed by atoms with Crippen molar-refractivity contribution in [3.05, 3.63) is 71.9 Å². The topological polar surface area (TPSA) is 60.2 Å². The molecule has 2 unspecified atom stereocenters. The number of hydrogen-bond donors (Lipinski definition) is 3. The zero-order valence-electron chi connectivity index (χ0n) is 17.4. The van der Waals surface area contributed by atoms with E-state index in [0.29, 0.717) is 19.1 Å². The third-order valence-electron chi connectivity index (χ3n) is 5.98. The Morgan fingerprint density at radius 1 is 1.17 bits per heavy atom. The molecule has 4 rings (SSSR count). The number of aromatic amines is 1. The number of para-hydroxylation sites is 1. The van der Waals surface area contributed by atoms with Crippen molar-refractivity contribution in [3.8, 4) is 0 Å². The third kappa shape index (κ3) is 5.22. The van der Waals surface area contributed by atoms with E-state index in [1.807, 2.05) is 19.2 Å². The molecule has 3 aromatic rings. The van der Waals surface area contributed by atoms with Crippen LogP contribution in [0, 0.1) is 0 Å². The van der Waals surface area contributed by atoms with Crippen molar-refractivity contribution < 1.29 is 4.79 Å². The molecule has 160 valence electrons. The van der Waals surface area contributed by atoms with Gasteiger partial charge in [-0.25, -0.2) is 0 Å². The van der Waals surface area contributed by atoms with Gasteiger partial charge < -0.3 is 15.6 Å². The SMILES string of the molecule is CNC1CCCN(CC(=O)NCC(c2ccccc2)c2c[nH]c3ccccc23)C1.Cl. The number of likely N-dealkylation sites (N-methyl/N-ethyl adjacent to an activating group) is 1. The van der Waals surface area contributed by atoms with Crippen LogP contribution >= 0.6 is 12.4 Å². The highest BCUT2D eigenvalue weighted by molar-refractivity contribution is 5.85. The number of carbonyl (C=O) groups is 1. The summed E-state index contributed by atoms with van der Waals surface area (Å²) in [6, 6.07) is 19.3. The Bertz CT molecular complexity index is 943. The number of amides is 1. The number of hydrogen-bond acceptors (Lipinski definition) is 3. The Morgan fingerprint density at radius 2 is 1.93 bits per heavy atom. The van der Waals surface area contributed by atoms with Gasteiger partial charge >= 0.3 is 0 Å². The van der Waals surface area contributed by atoms with Crippen molar-refractivity contribution in [2.45, 2.75) is 24.8 Å². The van der Waals surface area contributed by atoms with Crippen LogP contribution in [0.15, 0.2) is 60.8 Å². The third-order valence-corrected chi connectivity index (χ3v) is 5.98. The maximum atomic E-state index is 12.7. The molecule has 2 atom stereocenters. The summed E-state index contributed by atoms with van der Waals surface area (Å²) in [5, 5.41) is 7.75. The maximum absolute atomic E-state index is 12.7. The molecular formula is C24H31ClN4O. The molecule has 3 N–H and O–H groups in total. The number of halogens is 1. The molecule has 1 aliphatic heterocycles. The summed E-state index contributed by atoms with van der Waals surface area (Å²) in [6.07, 6.45) is 4.41. The highest BCUT2D eigenvalue weighted by Crippen LogP contribution is 2.30. The molecule has 1 aliphatic rings. The van der Waals surface area contributed by atoms with Gasteiger partial charge in [-0.1, -0.05) is 48.5 Å². The van der Waals surface area contributed by atoms with E-state index in [1.54, 1.807) is 0 Å². The molecule has 0 saturated carbocycles. The Morgan fingerprint density at radius 3 is 2.73 bits per heavy atom. The number of piperidine rings is 1. The number of carbonyl (C=O) groups excluding carboxylic acids is 1. The first-order valence-electron chi connectivity index (χ1n) is 10.5. The number of H-pyrrole nitrogens is 1. The molecule has 1 fully saturated rings. The van der Waals surface area contributed by atoms with Gasteiger partial charge in [-0.05, 0) is 43.6 Å². The molecule has 1 amide bonds. The Hall–Kier alpha value is -2.34. The number of benzene rings is 2. The van der Waals surface area contributed by atoms with Crippen molar-refractivity contribution in [3.63, 3.8) is 0 Å². The standard InChI is InChI=1S/C24H30N4O.ClH/c1-25-19-10-7-13-28(16-19)17-24(29)27-14-21(18-8-3-2-4-9-18)22-15-26-23-12-6-5-11-20(22)23;/h2-6,8-9,11-12,15,19,21,25-26H,7,10,13-14,16-17H2,1H3,(H,27,29);1H. The Kier molecular flexibility index (Phi) is 7.91. The first-order valence-corrected chi connectivity index (χ1v) is 10.5. The van der Waals surface area contributed by atoms with E-state index in [1.165, 1.54) is 22.9 Å². The molecule has 30 heavy (non-hydrogen) atoms. The lowest BCUT2D eigenvalue weighted by molar-refractivity contribution is -0.122. The minimum Gasteiger partial charge on any atom is -0.361 e. The minimum absolute atomic E-state index is 0. The van der Waals surface area contributed by atoms with E-state index in [4.69, 9.17) is 0 Å². The lowest BCUT2D eigenvalue weighted by Gasteiger charge is -2.32. The molecule has 0 spiro atoms. The molecule has 0 aliphatic carbocycles. The quantitative estimate of drug-likeness (QED) is 0.541. The normalized spacial score (nSPS) is 18.0. The molecule has 2 heterocycles. The summed E-state index contributed by atoms with van der Waals surface area (Å²) in [6.45, 7) is 2.99. The first-order chi connectivity index (χ1) is 14.2. The van der Waals surface area contributed by atoms with Gasteiger partial charge in [0.25, 0.3) is 0 Å². The summed E-state index contributed by atoms with van der Waals surface area (Å²) in [5.74, 6) is 0.213. The van der Waals surface area contributed by atoms with E-state index in [9.17, 15) is 4.79 Å². The lowest BCUT2D eigenvalue weighted by atomic mass is 9.91. The van der Waals surface area contributed by atoms with Gasteiger partial charge in [-0.3, -0.25) is 9.69 Å². The highest BCUT2D eigenvalue weighted by atomic mass is 35.5. The predicted octanol–water partition coefficient (Wildman–Crippen LogP) is 3.52. The van der Waals surface area contributed by atoms with Crippen LogP contribution in [0.1, 0.15) is 29.9 Å². The van der Waals surface area contributed by atoms with Crippen LogP contribution in [0.25, 0.3) is 10.9 Å². The molecule has 2 aromatic carbocycles. The van der Waals surface area contributed by atoms with Gasteiger partial charge in [0.1, 0.15) is 0 Å². The second-order valence-corrected chi connectivity index (χ2v) is 7.92. The summed E-state index contributed by atoms with van der Waals surface area (Å²) >= 11 is 0. The van der Waals surface area contributed by atoms with Crippen LogP contribution < -0.4 is 10.6 Å². The van der Waals surface area contributed by atoms with Crippen LogP contribution in [0.4, 0.5) is 0 Å². The molecular weight excluding hydrogens is 396 g/mol. The van der Waals surface area contributed by atoms with Crippen molar-refractivity contribution >= 4 is 29.2 Å². The Balaban J connectivity index is 0.00000256. The number of likely N-dealkylation sites (tertiary alicyclic amines) is 1. The fourth-order valence-electron chi connectivity index (χ4n) is 4.38. The zero-order valence-corrected chi connectivity index (χ0v) is 18.3. The molecule has 0 bridgehead atoms. The summed E-state index contributed by atoms with van der Waals surface area (Å²) in [7, 11) is 2.00. The van der Waals surface area contributed by atoms with E-state index in [2.05, 4.69) is 69.2 Å². The summed E-state index contributed by atoms with van der Waals surface area (Å²) in [5.41, 5.74) is 3.56. The van der Waals surface area contributed by atoms with Crippen molar-refractivity contribution in [1.82, 2.24) is 20.5 Å². The molecule has 5 nitrogen and oxygen atoms in total. The minimum atomic E-state index is 0. The van der Waals surface area contributed by atoms with Crippen LogP contribution in [-0.4, -0.2) is 55.1 Å². The molecule has 1 aromatic heterocycles. The van der Waals surface area contributed by atoms with E-state index in [0.717, 1.165) is 25.0 Å². The average Bonchev–Trinajstić information content (AvgIpc) is 3.19. The fraction of sp³-hybridized carbons (Fsp3) is 0.375. The van der Waals surface area contributed by atoms with Crippen molar-refractivity contribution in [2.24, 2.45) is 0 Å². The van der Waals surface area contributed by atoms with Gasteiger partial charge in [0.15, 0.2) is 0 Å². The first kappa shape index (κ1) is 22.3. The summed E-state index contributed by atoms with van der Waals surface area (Å²) < 4.78 is 0. The number of nitrogens with zero attached hydrogens (tertiary/aromatic N) is 1. The largest absolute Gasteiger partial charge is 0.361 e. The smallest absolute Gasteiger partial charge is 0.234 e. The average molecular weight is 427 g/mol. The predicted molar refractivity (Wildman–Crippen MR) is 125 cm³/mol. The molecule has 6 heteroatoms. The molecule has 0 radical (unpaired) electrons. The van der Waals surface area contributed by atoms with Gasteiger partial charge in [0.2, 0.25) is 5.91 Å². The van der Waals surface area contributed by atoms with E-state index < -0.39 is 0 Å². The summed E-state index contributed by atoms with van der Waals surface area (Å²) in [4.78, 5) is 18.3. The Labute approximate surface area is 184 Å². The van der Waals surface area contributed by atoms with E-state index in [-0.39, 0.29) is 24.2 Å². The second-order valence-electron chi connectivity index (χ2n) is 7.92. The van der Waals surface area contributed by atoms with Crippen molar-refractivity contribution in [1.29, 1.82) is 0 Å². The maximum Gasteiger partial charge on any atom is 0.234 e. The lowest BCUT2D eigenvalue weighted by Crippen LogP contribution is -2.48. The number of aromatic nitrogens is 1. The van der Waals surface area contributed by atoms with Crippen LogP contribution in [-0.2, 0) is 4.79 Å². The number of rotatable bonds is 7. The van der Waals surface area contributed by atoms with Gasteiger partial charge in [0.05, 0.1) is 6.54 Å². The highest BCUT2D eigenvalue weighted by Gasteiger charge is 2.22. The monoisotopic (exact) mass is 426 g/mol. The van der Waals surface area contributed by atoms with Gasteiger partial charge in [-0.2, -0.15) is 0 Å². The zero-order chi connectivity index (χ0) is 20.1. The van der Waals surface area contributed by atoms with Gasteiger partial charge in [0, 0.05) is 42.1 Å². The molecule has 1 saturated heterocycles. The number of fused-ring (bicyclic) bond motifs is 1. The number of nitrogens with one attached hydrogen (secondary N) is 3. The van der Waals surface area contributed by atoms with Gasteiger partial charge in [-0.15, -0.1) is 12.4 Å². The van der Waals surface area contributed by atoms with Crippen LogP contribution in [0.3, 0.4) is 0 Å². The van der Waals surface area contributed by atoms with Crippen molar-refractivity contribution in [2.75, 3.05) is 33.2 Å². The van der Waals surface area contributed by atoms with Crippen LogP contribution in [0.5, 0.6) is 0 Å². The van der Waals surface area contributed by atoms with E-state index >= 15 is 0 Å².